The second kappa shape index (κ2) is 21.5. The molecule has 2 aliphatic rings. The number of hydrogen-bond acceptors (Lipinski definition) is 8. The minimum Gasteiger partial charge on any atom is -0.508 e. The zero-order chi connectivity index (χ0) is 33.7. The molecule has 4 aromatic rings. The molecule has 0 aromatic heterocycles. The lowest BCUT2D eigenvalue weighted by Gasteiger charge is -2.30. The van der Waals surface area contributed by atoms with E-state index in [1.807, 2.05) is 60.7 Å². The van der Waals surface area contributed by atoms with Gasteiger partial charge in [0.15, 0.2) is 6.29 Å². The summed E-state index contributed by atoms with van der Waals surface area (Å²) in [7, 11) is 2.15. The average molecular weight is 641 g/mol. The number of carbonyl (C=O) groups is 1. The van der Waals surface area contributed by atoms with Gasteiger partial charge in [0, 0.05) is 57.3 Å². The van der Waals surface area contributed by atoms with E-state index in [0.717, 1.165) is 47.4 Å². The number of aliphatic hydroxyl groups is 3. The SMILES string of the molecule is CN1CCNCC1.O=C/C=C/c1ccccc1.OCCc1ccc(O)cc1.OCCc1ccc2c(c1)C(c1ccccc1)CC(O)O2. The molecule has 0 radical (unpaired) electrons. The molecule has 250 valence electrons. The second-order valence-electron chi connectivity index (χ2n) is 11.2. The number of phenols is 1. The molecule has 0 bridgehead atoms. The van der Waals surface area contributed by atoms with Gasteiger partial charge in [-0.3, -0.25) is 4.79 Å². The van der Waals surface area contributed by atoms with Gasteiger partial charge >= 0.3 is 0 Å². The first-order valence-corrected chi connectivity index (χ1v) is 16.0. The van der Waals surface area contributed by atoms with Crippen molar-refractivity contribution in [2.24, 2.45) is 0 Å². The Morgan fingerprint density at radius 3 is 2.00 bits per heavy atom. The number of benzene rings is 4. The van der Waals surface area contributed by atoms with Gasteiger partial charge in [-0.05, 0) is 66.4 Å². The highest BCUT2D eigenvalue weighted by atomic mass is 16.6. The van der Waals surface area contributed by atoms with Crippen molar-refractivity contribution >= 4 is 12.4 Å². The number of phenolic OH excluding ortho intramolecular Hbond substituents is 1. The zero-order valence-corrected chi connectivity index (χ0v) is 27.1. The Morgan fingerprint density at radius 1 is 0.830 bits per heavy atom. The van der Waals surface area contributed by atoms with Gasteiger partial charge in [-0.25, -0.2) is 0 Å². The molecule has 8 nitrogen and oxygen atoms in total. The minimum atomic E-state index is -0.767. The summed E-state index contributed by atoms with van der Waals surface area (Å²) in [5.74, 6) is 1.13. The van der Waals surface area contributed by atoms with Crippen LogP contribution in [0.5, 0.6) is 11.5 Å². The molecule has 47 heavy (non-hydrogen) atoms. The lowest BCUT2D eigenvalue weighted by molar-refractivity contribution is -0.104. The third kappa shape index (κ3) is 13.9. The van der Waals surface area contributed by atoms with Crippen LogP contribution >= 0.6 is 0 Å². The number of piperazine rings is 1. The predicted octanol–water partition coefficient (Wildman–Crippen LogP) is 4.80. The monoisotopic (exact) mass is 640 g/mol. The molecule has 0 saturated carbocycles. The summed E-state index contributed by atoms with van der Waals surface area (Å²) in [6, 6.07) is 32.6. The fourth-order valence-electron chi connectivity index (χ4n) is 5.07. The largest absolute Gasteiger partial charge is 0.508 e. The van der Waals surface area contributed by atoms with Crippen LogP contribution < -0.4 is 10.1 Å². The lowest BCUT2D eigenvalue weighted by atomic mass is 9.85. The second-order valence-corrected chi connectivity index (χ2v) is 11.2. The Hall–Kier alpha value is -4.31. The number of nitrogens with zero attached hydrogens (tertiary/aromatic N) is 1. The van der Waals surface area contributed by atoms with E-state index in [1.54, 1.807) is 30.3 Å². The first-order valence-electron chi connectivity index (χ1n) is 16.0. The highest BCUT2D eigenvalue weighted by Gasteiger charge is 2.28. The fourth-order valence-corrected chi connectivity index (χ4v) is 5.07. The standard InChI is InChI=1S/C17H18O3.C9H8O.C8H10O2.C5H12N2/c18-9-8-12-6-7-16-15(10-12)14(11-17(19)20-16)13-4-2-1-3-5-13;10-8-4-7-9-5-2-1-3-6-9;9-6-5-7-1-3-8(10)4-2-7;1-7-4-2-6-3-5-7/h1-7,10,14,17-19H,8-9,11H2;1-8H;1-4,9-10H,5-6H2;6H,2-5H2,1H3/b;7-4+;;. The Balaban J connectivity index is 0.000000187. The Bertz CT molecular complexity index is 1440. The molecule has 2 aliphatic heterocycles. The summed E-state index contributed by atoms with van der Waals surface area (Å²) < 4.78 is 5.51. The van der Waals surface area contributed by atoms with Crippen molar-refractivity contribution in [3.63, 3.8) is 0 Å². The van der Waals surface area contributed by atoms with E-state index in [4.69, 9.17) is 20.1 Å². The van der Waals surface area contributed by atoms with E-state index in [1.165, 1.54) is 24.7 Å². The van der Waals surface area contributed by atoms with Crippen molar-refractivity contribution in [3.8, 4) is 11.5 Å². The molecule has 8 heteroatoms. The average Bonchev–Trinajstić information content (AvgIpc) is 3.10. The predicted molar refractivity (Wildman–Crippen MR) is 188 cm³/mol. The number of aliphatic hydroxyl groups excluding tert-OH is 3. The molecular weight excluding hydrogens is 592 g/mol. The van der Waals surface area contributed by atoms with Crippen molar-refractivity contribution in [3.05, 3.63) is 137 Å². The molecule has 2 unspecified atom stereocenters. The molecule has 5 N–H and O–H groups in total. The van der Waals surface area contributed by atoms with Gasteiger partial charge in [0.2, 0.25) is 0 Å². The van der Waals surface area contributed by atoms with Crippen LogP contribution in [0.3, 0.4) is 0 Å². The summed E-state index contributed by atoms with van der Waals surface area (Å²) in [5.41, 5.74) is 5.45. The van der Waals surface area contributed by atoms with Gasteiger partial charge in [-0.15, -0.1) is 0 Å². The van der Waals surface area contributed by atoms with Gasteiger partial charge < -0.3 is 35.4 Å². The Labute approximate surface area is 278 Å². The quantitative estimate of drug-likeness (QED) is 0.144. The molecule has 1 saturated heterocycles. The molecule has 0 spiro atoms. The van der Waals surface area contributed by atoms with Crippen LogP contribution in [0.25, 0.3) is 6.08 Å². The maximum atomic E-state index is 9.90. The van der Waals surface area contributed by atoms with E-state index < -0.39 is 6.29 Å². The van der Waals surface area contributed by atoms with Crippen LogP contribution in [0, 0.1) is 0 Å². The third-order valence-electron chi connectivity index (χ3n) is 7.60. The highest BCUT2D eigenvalue weighted by Crippen LogP contribution is 2.40. The lowest BCUT2D eigenvalue weighted by Crippen LogP contribution is -2.40. The van der Waals surface area contributed by atoms with Crippen molar-refractivity contribution in [2.75, 3.05) is 46.4 Å². The van der Waals surface area contributed by atoms with Crippen molar-refractivity contribution in [1.82, 2.24) is 10.2 Å². The first-order chi connectivity index (χ1) is 22.9. The van der Waals surface area contributed by atoms with Gasteiger partial charge in [-0.1, -0.05) is 91.0 Å². The van der Waals surface area contributed by atoms with Crippen LogP contribution in [-0.2, 0) is 17.6 Å². The topological polar surface area (TPSA) is 122 Å². The van der Waals surface area contributed by atoms with Gasteiger partial charge in [-0.2, -0.15) is 0 Å². The number of aldehydes is 1. The molecule has 2 heterocycles. The molecule has 2 atom stereocenters. The Morgan fingerprint density at radius 2 is 1.43 bits per heavy atom. The van der Waals surface area contributed by atoms with E-state index in [-0.39, 0.29) is 24.9 Å². The summed E-state index contributed by atoms with van der Waals surface area (Å²) in [5, 5.41) is 39.6. The molecule has 0 amide bonds. The summed E-state index contributed by atoms with van der Waals surface area (Å²) in [4.78, 5) is 12.2. The minimum absolute atomic E-state index is 0.133. The van der Waals surface area contributed by atoms with Gasteiger partial charge in [0.25, 0.3) is 0 Å². The Kier molecular flexibility index (Phi) is 17.0. The summed E-state index contributed by atoms with van der Waals surface area (Å²) in [6.45, 7) is 5.04. The number of aromatic hydroxyl groups is 1. The van der Waals surface area contributed by atoms with Gasteiger partial charge in [0.05, 0.1) is 0 Å². The molecular formula is C39H48N2O6. The maximum absolute atomic E-state index is 9.90. The van der Waals surface area contributed by atoms with E-state index in [2.05, 4.69) is 35.5 Å². The van der Waals surface area contributed by atoms with Crippen molar-refractivity contribution < 1.29 is 30.0 Å². The number of nitrogens with one attached hydrogen (secondary N) is 1. The van der Waals surface area contributed by atoms with Gasteiger partial charge in [0.1, 0.15) is 17.8 Å². The van der Waals surface area contributed by atoms with Crippen molar-refractivity contribution in [1.29, 1.82) is 0 Å². The molecule has 1 fully saturated rings. The number of carbonyl (C=O) groups excluding carboxylic acids is 1. The number of ether oxygens (including phenoxy) is 1. The van der Waals surface area contributed by atoms with Crippen LogP contribution in [0.4, 0.5) is 0 Å². The summed E-state index contributed by atoms with van der Waals surface area (Å²) >= 11 is 0. The van der Waals surface area contributed by atoms with Crippen LogP contribution in [0.15, 0.2) is 109 Å². The molecule has 4 aromatic carbocycles. The molecule has 6 rings (SSSR count). The first kappa shape index (κ1) is 37.2. The number of rotatable bonds is 7. The number of hydrogen-bond donors (Lipinski definition) is 5. The van der Waals surface area contributed by atoms with Crippen LogP contribution in [0.1, 0.15) is 40.2 Å². The maximum Gasteiger partial charge on any atom is 0.198 e. The smallest absolute Gasteiger partial charge is 0.198 e. The number of allylic oxidation sites excluding steroid dienone is 1. The summed E-state index contributed by atoms with van der Waals surface area (Å²) in [6.07, 6.45) is 5.10. The van der Waals surface area contributed by atoms with Crippen molar-refractivity contribution in [2.45, 2.75) is 31.5 Å². The zero-order valence-electron chi connectivity index (χ0n) is 27.1. The van der Waals surface area contributed by atoms with Crippen LogP contribution in [0.2, 0.25) is 0 Å². The normalized spacial score (nSPS) is 16.9. The van der Waals surface area contributed by atoms with Crippen LogP contribution in [-0.4, -0.2) is 84.3 Å². The highest BCUT2D eigenvalue weighted by molar-refractivity contribution is 5.73. The van der Waals surface area contributed by atoms with E-state index >= 15 is 0 Å². The van der Waals surface area contributed by atoms with E-state index in [9.17, 15) is 9.90 Å². The number of likely N-dealkylation sites (N-methyl/N-ethyl adjacent to an activating group) is 1. The molecule has 0 aliphatic carbocycles. The van der Waals surface area contributed by atoms with E-state index in [0.29, 0.717) is 19.3 Å². The third-order valence-corrected chi connectivity index (χ3v) is 7.60. The fraction of sp³-hybridized carbons (Fsp3) is 0.308. The number of fused-ring (bicyclic) bond motifs is 1.